The average molecular weight is 282 g/mol. The minimum atomic E-state index is 0.101. The van der Waals surface area contributed by atoms with Gasteiger partial charge in [-0.25, -0.2) is 4.98 Å². The first-order valence-corrected chi connectivity index (χ1v) is 5.99. The highest BCUT2D eigenvalue weighted by Crippen LogP contribution is 2.19. The van der Waals surface area contributed by atoms with Crippen LogP contribution in [0.3, 0.4) is 0 Å². The fraction of sp³-hybridized carbons (Fsp3) is 0.300. The van der Waals surface area contributed by atoms with Gasteiger partial charge in [0.1, 0.15) is 6.29 Å². The van der Waals surface area contributed by atoms with Crippen LogP contribution in [-0.4, -0.2) is 29.3 Å². The Morgan fingerprint density at radius 1 is 1.31 bits per heavy atom. The molecule has 1 aliphatic rings. The van der Waals surface area contributed by atoms with Gasteiger partial charge in [0.25, 0.3) is 0 Å². The number of anilines is 1. The predicted octanol–water partition coefficient (Wildman–Crippen LogP) is 1.21. The van der Waals surface area contributed by atoms with Gasteiger partial charge in [0.15, 0.2) is 0 Å². The Morgan fingerprint density at radius 3 is 2.94 bits per heavy atom. The number of nitrogens with zero attached hydrogens (tertiary/aromatic N) is 1. The number of hydrogen-bond donors (Lipinski definition) is 4. The average Bonchev–Trinajstić information content (AvgIpc) is 2.86. The summed E-state index contributed by atoms with van der Waals surface area (Å²) in [7, 11) is 0. The van der Waals surface area contributed by atoms with E-state index >= 15 is 0 Å². The van der Waals surface area contributed by atoms with E-state index in [2.05, 4.69) is 41.8 Å². The van der Waals surface area contributed by atoms with Crippen LogP contribution in [0.15, 0.2) is 22.7 Å². The molecule has 0 aliphatic carbocycles. The number of aromatic nitrogens is 2. The maximum Gasteiger partial charge on any atom is 0.203 e. The summed E-state index contributed by atoms with van der Waals surface area (Å²) in [5.74, 6) is 0.778. The smallest absolute Gasteiger partial charge is 0.203 e. The van der Waals surface area contributed by atoms with Crippen molar-refractivity contribution in [1.29, 1.82) is 0 Å². The van der Waals surface area contributed by atoms with Gasteiger partial charge in [-0.1, -0.05) is 15.9 Å². The van der Waals surface area contributed by atoms with Crippen LogP contribution in [0.2, 0.25) is 0 Å². The topological polar surface area (TPSA) is 64.8 Å². The van der Waals surface area contributed by atoms with Crippen LogP contribution in [-0.2, 0) is 0 Å². The second-order valence-electron chi connectivity index (χ2n) is 3.73. The van der Waals surface area contributed by atoms with Crippen molar-refractivity contribution in [3.05, 3.63) is 22.7 Å². The number of benzene rings is 1. The predicted molar refractivity (Wildman–Crippen MR) is 67.2 cm³/mol. The van der Waals surface area contributed by atoms with E-state index in [0.29, 0.717) is 0 Å². The van der Waals surface area contributed by atoms with Crippen LogP contribution in [0, 0.1) is 0 Å². The number of nitrogens with one attached hydrogen (secondary N) is 4. The molecule has 84 valence electrons. The van der Waals surface area contributed by atoms with Gasteiger partial charge in [-0.05, 0) is 18.2 Å². The molecular weight excluding hydrogens is 270 g/mol. The first kappa shape index (κ1) is 10.1. The molecule has 3 rings (SSSR count). The molecule has 0 spiro atoms. The van der Waals surface area contributed by atoms with E-state index in [1.165, 1.54) is 0 Å². The van der Waals surface area contributed by atoms with Crippen molar-refractivity contribution in [2.75, 3.05) is 18.4 Å². The van der Waals surface area contributed by atoms with Crippen molar-refractivity contribution in [2.24, 2.45) is 0 Å². The highest BCUT2D eigenvalue weighted by molar-refractivity contribution is 9.10. The van der Waals surface area contributed by atoms with E-state index in [4.69, 9.17) is 0 Å². The van der Waals surface area contributed by atoms with Crippen LogP contribution in [0.4, 0.5) is 5.95 Å². The zero-order valence-corrected chi connectivity index (χ0v) is 10.1. The third-order valence-corrected chi connectivity index (χ3v) is 3.04. The van der Waals surface area contributed by atoms with Crippen molar-refractivity contribution in [2.45, 2.75) is 6.29 Å². The zero-order chi connectivity index (χ0) is 11.0. The van der Waals surface area contributed by atoms with Crippen LogP contribution in [0.5, 0.6) is 0 Å². The number of rotatable bonds is 2. The Balaban J connectivity index is 1.86. The van der Waals surface area contributed by atoms with Crippen LogP contribution < -0.4 is 16.0 Å². The first-order chi connectivity index (χ1) is 7.81. The number of hydrogen-bond acceptors (Lipinski definition) is 4. The van der Waals surface area contributed by atoms with Gasteiger partial charge in [-0.3, -0.25) is 10.6 Å². The lowest BCUT2D eigenvalue weighted by Crippen LogP contribution is -2.39. The minimum absolute atomic E-state index is 0.101. The van der Waals surface area contributed by atoms with Gasteiger partial charge in [-0.2, -0.15) is 0 Å². The summed E-state index contributed by atoms with van der Waals surface area (Å²) in [5.41, 5.74) is 1.98. The second-order valence-corrected chi connectivity index (χ2v) is 4.65. The molecule has 0 radical (unpaired) electrons. The monoisotopic (exact) mass is 281 g/mol. The lowest BCUT2D eigenvalue weighted by molar-refractivity contribution is 0.616. The van der Waals surface area contributed by atoms with Crippen molar-refractivity contribution >= 4 is 32.9 Å². The van der Waals surface area contributed by atoms with Gasteiger partial charge in [0, 0.05) is 17.6 Å². The maximum absolute atomic E-state index is 4.46. The van der Waals surface area contributed by atoms with E-state index in [0.717, 1.165) is 34.5 Å². The number of halogens is 1. The molecule has 2 heterocycles. The molecule has 4 N–H and O–H groups in total. The largest absolute Gasteiger partial charge is 0.328 e. The Bertz CT molecular complexity index is 503. The van der Waals surface area contributed by atoms with Crippen molar-refractivity contribution in [3.63, 3.8) is 0 Å². The van der Waals surface area contributed by atoms with E-state index < -0.39 is 0 Å². The highest BCUT2D eigenvalue weighted by atomic mass is 79.9. The lowest BCUT2D eigenvalue weighted by atomic mass is 10.3. The van der Waals surface area contributed by atoms with Crippen molar-refractivity contribution in [1.82, 2.24) is 20.6 Å². The van der Waals surface area contributed by atoms with E-state index in [9.17, 15) is 0 Å². The van der Waals surface area contributed by atoms with Gasteiger partial charge in [-0.15, -0.1) is 0 Å². The molecular formula is C10H12BrN5. The summed E-state index contributed by atoms with van der Waals surface area (Å²) in [5, 5.41) is 9.78. The fourth-order valence-corrected chi connectivity index (χ4v) is 2.14. The molecule has 5 nitrogen and oxygen atoms in total. The summed E-state index contributed by atoms with van der Waals surface area (Å²) in [6, 6.07) is 6.00. The Hall–Kier alpha value is -1.11. The third kappa shape index (κ3) is 1.91. The molecule has 0 bridgehead atoms. The van der Waals surface area contributed by atoms with Gasteiger partial charge >= 0.3 is 0 Å². The van der Waals surface area contributed by atoms with Gasteiger partial charge in [0.05, 0.1) is 11.0 Å². The second kappa shape index (κ2) is 4.04. The van der Waals surface area contributed by atoms with E-state index in [-0.39, 0.29) is 6.29 Å². The molecule has 2 aromatic rings. The van der Waals surface area contributed by atoms with Crippen molar-refractivity contribution < 1.29 is 0 Å². The normalized spacial score (nSPS) is 17.1. The molecule has 6 heteroatoms. The van der Waals surface area contributed by atoms with Crippen LogP contribution in [0.25, 0.3) is 11.0 Å². The van der Waals surface area contributed by atoms with Gasteiger partial charge < -0.3 is 10.3 Å². The summed E-state index contributed by atoms with van der Waals surface area (Å²) >= 11 is 3.43. The maximum atomic E-state index is 4.46. The molecule has 1 aromatic heterocycles. The van der Waals surface area contributed by atoms with E-state index in [1.54, 1.807) is 0 Å². The quantitative estimate of drug-likeness (QED) is 0.668. The molecule has 0 saturated carbocycles. The summed E-state index contributed by atoms with van der Waals surface area (Å²) in [4.78, 5) is 7.69. The van der Waals surface area contributed by atoms with Crippen LogP contribution in [0.1, 0.15) is 0 Å². The molecule has 1 saturated heterocycles. The standard InChI is InChI=1S/C10H12BrN5/c11-6-1-2-7-8(5-6)15-10(14-7)16-9-12-3-4-13-9/h1-2,5,9,12-13H,3-4H2,(H2,14,15,16). The molecule has 1 fully saturated rings. The highest BCUT2D eigenvalue weighted by Gasteiger charge is 2.13. The zero-order valence-electron chi connectivity index (χ0n) is 8.55. The Labute approximate surface area is 101 Å². The molecule has 1 aromatic carbocycles. The Kier molecular flexibility index (Phi) is 2.55. The number of aromatic amines is 1. The lowest BCUT2D eigenvalue weighted by Gasteiger charge is -2.11. The summed E-state index contributed by atoms with van der Waals surface area (Å²) in [6.45, 7) is 1.95. The fourth-order valence-electron chi connectivity index (χ4n) is 1.79. The number of imidazole rings is 1. The van der Waals surface area contributed by atoms with Crippen molar-refractivity contribution in [3.8, 4) is 0 Å². The molecule has 1 aliphatic heterocycles. The molecule has 0 atom stereocenters. The summed E-state index contributed by atoms with van der Waals surface area (Å²) < 4.78 is 1.04. The summed E-state index contributed by atoms with van der Waals surface area (Å²) in [6.07, 6.45) is 0.101. The molecule has 0 amide bonds. The van der Waals surface area contributed by atoms with Gasteiger partial charge in [0.2, 0.25) is 5.95 Å². The number of fused-ring (bicyclic) bond motifs is 1. The molecule has 16 heavy (non-hydrogen) atoms. The first-order valence-electron chi connectivity index (χ1n) is 5.20. The Morgan fingerprint density at radius 2 is 2.12 bits per heavy atom. The van der Waals surface area contributed by atoms with Crippen LogP contribution >= 0.6 is 15.9 Å². The minimum Gasteiger partial charge on any atom is -0.328 e. The van der Waals surface area contributed by atoms with E-state index in [1.807, 2.05) is 18.2 Å². The molecule has 0 unspecified atom stereocenters. The third-order valence-electron chi connectivity index (χ3n) is 2.55. The number of H-pyrrole nitrogens is 1. The SMILES string of the molecule is Brc1ccc2[nH]c(NC3NCCN3)nc2c1.